The van der Waals surface area contributed by atoms with Crippen molar-refractivity contribution in [2.45, 2.75) is 12.8 Å². The van der Waals surface area contributed by atoms with E-state index in [1.807, 2.05) is 6.08 Å². The molecule has 0 atom stereocenters. The lowest BCUT2D eigenvalue weighted by Crippen LogP contribution is -2.04. The van der Waals surface area contributed by atoms with Gasteiger partial charge in [-0.05, 0) is 18.9 Å². The number of allylic oxidation sites excluding steroid dienone is 3. The molecule has 0 unspecified atom stereocenters. The van der Waals surface area contributed by atoms with E-state index < -0.39 is 0 Å². The first-order valence-electron chi connectivity index (χ1n) is 3.12. The van der Waals surface area contributed by atoms with Gasteiger partial charge in [0.15, 0.2) is 0 Å². The molecule has 1 aliphatic carbocycles. The van der Waals surface area contributed by atoms with Crippen molar-refractivity contribution in [3.63, 3.8) is 0 Å². The smallest absolute Gasteiger partial charge is 0.130 e. The normalized spacial score (nSPS) is 18.8. The third kappa shape index (κ3) is 1.53. The Hall–Kier alpha value is -0.440. The fraction of sp³-hybridized carbons (Fsp3) is 0.429. The molecule has 2 N–H and O–H groups in total. The maximum absolute atomic E-state index is 5.59. The predicted molar refractivity (Wildman–Crippen MR) is 44.5 cm³/mol. The van der Waals surface area contributed by atoms with Gasteiger partial charge in [0.25, 0.3) is 0 Å². The van der Waals surface area contributed by atoms with Crippen LogP contribution in [0.25, 0.3) is 0 Å². The van der Waals surface area contributed by atoms with E-state index in [1.165, 1.54) is 0 Å². The predicted octanol–water partition coefficient (Wildman–Crippen LogP) is 1.88. The van der Waals surface area contributed by atoms with Gasteiger partial charge < -0.3 is 10.5 Å². The van der Waals surface area contributed by atoms with Gasteiger partial charge in [-0.1, -0.05) is 15.9 Å². The molecule has 0 aliphatic heterocycles. The molecule has 2 nitrogen and oxygen atoms in total. The van der Waals surface area contributed by atoms with Gasteiger partial charge in [-0.3, -0.25) is 0 Å². The van der Waals surface area contributed by atoms with Crippen molar-refractivity contribution in [2.75, 3.05) is 7.11 Å². The van der Waals surface area contributed by atoms with E-state index in [1.54, 1.807) is 7.11 Å². The topological polar surface area (TPSA) is 35.2 Å². The van der Waals surface area contributed by atoms with Crippen LogP contribution in [-0.4, -0.2) is 7.11 Å². The summed E-state index contributed by atoms with van der Waals surface area (Å²) in [5, 5.41) is 0. The summed E-state index contributed by atoms with van der Waals surface area (Å²) in [4.78, 5) is 0. The fourth-order valence-corrected chi connectivity index (χ4v) is 1.34. The summed E-state index contributed by atoms with van der Waals surface area (Å²) in [6.07, 6.45) is 3.73. The number of ether oxygens (including phenoxy) is 1. The van der Waals surface area contributed by atoms with Gasteiger partial charge in [-0.25, -0.2) is 0 Å². The SMILES string of the molecule is COC1=C(Br)CCC(N)=C1. The summed E-state index contributed by atoms with van der Waals surface area (Å²) in [5.41, 5.74) is 6.48. The van der Waals surface area contributed by atoms with Crippen LogP contribution >= 0.6 is 15.9 Å². The lowest BCUT2D eigenvalue weighted by atomic mass is 10.1. The molecule has 56 valence electrons. The van der Waals surface area contributed by atoms with Crippen molar-refractivity contribution in [3.8, 4) is 0 Å². The molecule has 0 fully saturated rings. The highest BCUT2D eigenvalue weighted by Crippen LogP contribution is 2.25. The Balaban J connectivity index is 2.82. The molecule has 1 rings (SSSR count). The molecule has 0 saturated carbocycles. The van der Waals surface area contributed by atoms with Crippen LogP contribution in [0.1, 0.15) is 12.8 Å². The molecule has 0 radical (unpaired) electrons. The van der Waals surface area contributed by atoms with Crippen LogP contribution in [0.5, 0.6) is 0 Å². The van der Waals surface area contributed by atoms with Crippen LogP contribution in [0.15, 0.2) is 22.0 Å². The molecule has 0 spiro atoms. The lowest BCUT2D eigenvalue weighted by Gasteiger charge is -2.12. The molecule has 0 aromatic rings. The molecule has 0 bridgehead atoms. The Morgan fingerprint density at radius 2 is 2.30 bits per heavy atom. The van der Waals surface area contributed by atoms with Gasteiger partial charge >= 0.3 is 0 Å². The van der Waals surface area contributed by atoms with E-state index in [-0.39, 0.29) is 0 Å². The zero-order valence-electron chi connectivity index (χ0n) is 5.86. The largest absolute Gasteiger partial charge is 0.496 e. The van der Waals surface area contributed by atoms with Crippen molar-refractivity contribution >= 4 is 15.9 Å². The highest BCUT2D eigenvalue weighted by atomic mass is 79.9. The molecule has 1 aliphatic rings. The van der Waals surface area contributed by atoms with E-state index in [0.717, 1.165) is 28.8 Å². The second-order valence-electron chi connectivity index (χ2n) is 2.19. The zero-order chi connectivity index (χ0) is 7.56. The van der Waals surface area contributed by atoms with Gasteiger partial charge in [0.1, 0.15) is 5.76 Å². The Labute approximate surface area is 68.9 Å². The summed E-state index contributed by atoms with van der Waals surface area (Å²) < 4.78 is 6.15. The van der Waals surface area contributed by atoms with Gasteiger partial charge in [-0.15, -0.1) is 0 Å². The minimum absolute atomic E-state index is 0.851. The minimum Gasteiger partial charge on any atom is -0.496 e. The Kier molecular flexibility index (Phi) is 2.38. The maximum atomic E-state index is 5.59. The molecule has 3 heteroatoms. The van der Waals surface area contributed by atoms with Gasteiger partial charge in [0.05, 0.1) is 7.11 Å². The number of halogens is 1. The molecule has 0 saturated heterocycles. The maximum Gasteiger partial charge on any atom is 0.130 e. The molecule has 0 amide bonds. The van der Waals surface area contributed by atoms with Crippen molar-refractivity contribution in [3.05, 3.63) is 22.0 Å². The third-order valence-corrected chi connectivity index (χ3v) is 2.22. The van der Waals surface area contributed by atoms with Crippen LogP contribution in [0, 0.1) is 0 Å². The molecule has 0 aromatic heterocycles. The molecular weight excluding hydrogens is 194 g/mol. The Morgan fingerprint density at radius 3 is 2.80 bits per heavy atom. The van der Waals surface area contributed by atoms with E-state index in [4.69, 9.17) is 10.5 Å². The summed E-state index contributed by atoms with van der Waals surface area (Å²) in [6, 6.07) is 0. The average molecular weight is 204 g/mol. The average Bonchev–Trinajstić information content (AvgIpc) is 1.94. The first-order chi connectivity index (χ1) is 4.74. The standard InChI is InChI=1S/C7H10BrNO/c1-10-7-4-5(9)2-3-6(7)8/h4H,2-3,9H2,1H3. The van der Waals surface area contributed by atoms with E-state index in [2.05, 4.69) is 15.9 Å². The van der Waals surface area contributed by atoms with Crippen LogP contribution < -0.4 is 5.73 Å². The zero-order valence-corrected chi connectivity index (χ0v) is 7.44. The van der Waals surface area contributed by atoms with Crippen molar-refractivity contribution in [1.29, 1.82) is 0 Å². The number of methoxy groups -OCH3 is 1. The fourth-order valence-electron chi connectivity index (χ4n) is 0.866. The van der Waals surface area contributed by atoms with E-state index >= 15 is 0 Å². The van der Waals surface area contributed by atoms with Crippen LogP contribution in [-0.2, 0) is 4.74 Å². The van der Waals surface area contributed by atoms with Crippen molar-refractivity contribution in [2.24, 2.45) is 5.73 Å². The third-order valence-electron chi connectivity index (χ3n) is 1.44. The second kappa shape index (κ2) is 3.10. The summed E-state index contributed by atoms with van der Waals surface area (Å²) in [6.45, 7) is 0. The van der Waals surface area contributed by atoms with Crippen LogP contribution in [0.3, 0.4) is 0 Å². The quantitative estimate of drug-likeness (QED) is 0.707. The number of nitrogens with two attached hydrogens (primary N) is 1. The van der Waals surface area contributed by atoms with Gasteiger partial charge in [0.2, 0.25) is 0 Å². The number of hydrogen-bond donors (Lipinski definition) is 1. The molecule has 0 aromatic carbocycles. The lowest BCUT2D eigenvalue weighted by molar-refractivity contribution is 0.301. The minimum atomic E-state index is 0.851. The highest BCUT2D eigenvalue weighted by Gasteiger charge is 2.08. The second-order valence-corrected chi connectivity index (χ2v) is 3.15. The van der Waals surface area contributed by atoms with Crippen molar-refractivity contribution < 1.29 is 4.74 Å². The number of hydrogen-bond acceptors (Lipinski definition) is 2. The Morgan fingerprint density at radius 1 is 1.60 bits per heavy atom. The molecule has 10 heavy (non-hydrogen) atoms. The first-order valence-corrected chi connectivity index (χ1v) is 3.92. The Bertz CT molecular complexity index is 196. The molecular formula is C7H10BrNO. The summed E-state index contributed by atoms with van der Waals surface area (Å²) in [7, 11) is 1.64. The monoisotopic (exact) mass is 203 g/mol. The highest BCUT2D eigenvalue weighted by molar-refractivity contribution is 9.11. The van der Waals surface area contributed by atoms with Crippen LogP contribution in [0.4, 0.5) is 0 Å². The first kappa shape index (κ1) is 7.66. The van der Waals surface area contributed by atoms with Gasteiger partial charge in [0, 0.05) is 10.2 Å². The van der Waals surface area contributed by atoms with Gasteiger partial charge in [-0.2, -0.15) is 0 Å². The summed E-state index contributed by atoms with van der Waals surface area (Å²) >= 11 is 3.40. The van der Waals surface area contributed by atoms with Crippen LogP contribution in [0.2, 0.25) is 0 Å². The van der Waals surface area contributed by atoms with E-state index in [0.29, 0.717) is 0 Å². The van der Waals surface area contributed by atoms with Crippen molar-refractivity contribution in [1.82, 2.24) is 0 Å². The van der Waals surface area contributed by atoms with E-state index in [9.17, 15) is 0 Å². The molecule has 0 heterocycles. The number of rotatable bonds is 1. The summed E-state index contributed by atoms with van der Waals surface area (Å²) in [5.74, 6) is 0.851.